The molecule has 6 nitrogen and oxygen atoms in total. The third-order valence-electron chi connectivity index (χ3n) is 5.14. The Morgan fingerprint density at radius 3 is 2.72 bits per heavy atom. The first-order chi connectivity index (χ1) is 12.1. The Labute approximate surface area is 146 Å². The highest BCUT2D eigenvalue weighted by atomic mass is 16.5. The molecule has 2 aromatic heterocycles. The van der Waals surface area contributed by atoms with Crippen molar-refractivity contribution in [1.29, 1.82) is 0 Å². The molecule has 3 aromatic rings. The molecule has 25 heavy (non-hydrogen) atoms. The number of hydrogen-bond donors (Lipinski definition) is 0. The molecule has 0 unspecified atom stereocenters. The number of carbonyl (C=O) groups is 1. The van der Waals surface area contributed by atoms with E-state index in [0.717, 1.165) is 28.1 Å². The number of hydrogen-bond acceptors (Lipinski definition) is 4. The van der Waals surface area contributed by atoms with E-state index >= 15 is 0 Å². The van der Waals surface area contributed by atoms with Crippen molar-refractivity contribution < 1.29 is 9.53 Å². The lowest BCUT2D eigenvalue weighted by Crippen LogP contribution is -2.00. The summed E-state index contributed by atoms with van der Waals surface area (Å²) in [4.78, 5) is 16.6. The molecule has 0 atom stereocenters. The fourth-order valence-corrected chi connectivity index (χ4v) is 3.86. The lowest BCUT2D eigenvalue weighted by atomic mass is 10.0. The molecular formula is C19H22N4O2. The van der Waals surface area contributed by atoms with Crippen LogP contribution >= 0.6 is 0 Å². The molecule has 0 spiro atoms. The van der Waals surface area contributed by atoms with Crippen molar-refractivity contribution in [2.45, 2.75) is 31.6 Å². The molecule has 1 fully saturated rings. The summed E-state index contributed by atoms with van der Waals surface area (Å²) in [6.07, 6.45) is 6.98. The highest BCUT2D eigenvalue weighted by molar-refractivity contribution is 5.94. The standard InChI is InChI=1S/C19H22N4O2/c1-22-11-14(17(21-22)12-6-4-5-7-12)18-20-15-10-13(19(24)25-3)8-9-16(15)23(18)2/h8-12H,4-7H2,1-3H3. The molecule has 0 amide bonds. The van der Waals surface area contributed by atoms with Crippen molar-refractivity contribution in [1.82, 2.24) is 19.3 Å². The monoisotopic (exact) mass is 338 g/mol. The number of fused-ring (bicyclic) bond motifs is 1. The van der Waals surface area contributed by atoms with Crippen LogP contribution in [-0.2, 0) is 18.8 Å². The number of aryl methyl sites for hydroxylation is 2. The summed E-state index contributed by atoms with van der Waals surface area (Å²) >= 11 is 0. The summed E-state index contributed by atoms with van der Waals surface area (Å²) in [5.41, 5.74) is 4.53. The van der Waals surface area contributed by atoms with E-state index < -0.39 is 0 Å². The van der Waals surface area contributed by atoms with Crippen molar-refractivity contribution in [2.24, 2.45) is 14.1 Å². The van der Waals surface area contributed by atoms with Crippen LogP contribution in [0.3, 0.4) is 0 Å². The van der Waals surface area contributed by atoms with Crippen LogP contribution in [-0.4, -0.2) is 32.4 Å². The third kappa shape index (κ3) is 2.62. The molecule has 130 valence electrons. The van der Waals surface area contributed by atoms with Crippen LogP contribution in [0.1, 0.15) is 47.7 Å². The highest BCUT2D eigenvalue weighted by Gasteiger charge is 2.26. The van der Waals surface area contributed by atoms with E-state index in [-0.39, 0.29) is 5.97 Å². The van der Waals surface area contributed by atoms with Crippen LogP contribution in [0.5, 0.6) is 0 Å². The summed E-state index contributed by atoms with van der Waals surface area (Å²) in [6.45, 7) is 0. The summed E-state index contributed by atoms with van der Waals surface area (Å²) in [6, 6.07) is 5.49. The van der Waals surface area contributed by atoms with Gasteiger partial charge in [0.15, 0.2) is 0 Å². The number of methoxy groups -OCH3 is 1. The van der Waals surface area contributed by atoms with Gasteiger partial charge in [-0.15, -0.1) is 0 Å². The average molecular weight is 338 g/mol. The van der Waals surface area contributed by atoms with Gasteiger partial charge in [-0.3, -0.25) is 4.68 Å². The van der Waals surface area contributed by atoms with Gasteiger partial charge in [0.05, 0.1) is 35.0 Å². The first kappa shape index (κ1) is 15.9. The minimum Gasteiger partial charge on any atom is -0.465 e. The summed E-state index contributed by atoms with van der Waals surface area (Å²) in [5.74, 6) is 1.07. The summed E-state index contributed by atoms with van der Waals surface area (Å²) < 4.78 is 8.76. The number of nitrogens with zero attached hydrogens (tertiary/aromatic N) is 4. The lowest BCUT2D eigenvalue weighted by molar-refractivity contribution is 0.0601. The Bertz CT molecular complexity index is 948. The second kappa shape index (κ2) is 6.02. The van der Waals surface area contributed by atoms with E-state index in [0.29, 0.717) is 11.5 Å². The number of aromatic nitrogens is 4. The van der Waals surface area contributed by atoms with Crippen LogP contribution in [0.2, 0.25) is 0 Å². The van der Waals surface area contributed by atoms with E-state index in [1.165, 1.54) is 32.8 Å². The molecule has 0 aliphatic heterocycles. The van der Waals surface area contributed by atoms with Crippen molar-refractivity contribution in [2.75, 3.05) is 7.11 Å². The van der Waals surface area contributed by atoms with Gasteiger partial charge >= 0.3 is 5.97 Å². The number of rotatable bonds is 3. The van der Waals surface area contributed by atoms with Crippen LogP contribution in [0.15, 0.2) is 24.4 Å². The number of imidazole rings is 1. The van der Waals surface area contributed by atoms with E-state index in [4.69, 9.17) is 14.8 Å². The smallest absolute Gasteiger partial charge is 0.337 e. The van der Waals surface area contributed by atoms with Crippen molar-refractivity contribution >= 4 is 17.0 Å². The Balaban J connectivity index is 1.84. The molecule has 0 radical (unpaired) electrons. The number of benzene rings is 1. The molecule has 1 saturated carbocycles. The van der Waals surface area contributed by atoms with Crippen molar-refractivity contribution in [3.63, 3.8) is 0 Å². The lowest BCUT2D eigenvalue weighted by Gasteiger charge is -2.08. The molecular weight excluding hydrogens is 316 g/mol. The predicted molar refractivity (Wildman–Crippen MR) is 95.5 cm³/mol. The average Bonchev–Trinajstić information content (AvgIpc) is 3.33. The normalized spacial score (nSPS) is 15.2. The summed E-state index contributed by atoms with van der Waals surface area (Å²) in [7, 11) is 5.35. The van der Waals surface area contributed by atoms with E-state index in [1.54, 1.807) is 12.1 Å². The van der Waals surface area contributed by atoms with E-state index in [1.807, 2.05) is 24.8 Å². The molecule has 2 heterocycles. The van der Waals surface area contributed by atoms with Gasteiger partial charge in [-0.1, -0.05) is 12.8 Å². The molecule has 6 heteroatoms. The van der Waals surface area contributed by atoms with Crippen LogP contribution in [0, 0.1) is 0 Å². The Morgan fingerprint density at radius 2 is 2.00 bits per heavy atom. The zero-order valence-electron chi connectivity index (χ0n) is 14.8. The zero-order valence-corrected chi connectivity index (χ0v) is 14.8. The maximum atomic E-state index is 11.8. The van der Waals surface area contributed by atoms with Crippen LogP contribution in [0.25, 0.3) is 22.4 Å². The van der Waals surface area contributed by atoms with Gasteiger partial charge in [-0.2, -0.15) is 5.10 Å². The third-order valence-corrected chi connectivity index (χ3v) is 5.14. The summed E-state index contributed by atoms with van der Waals surface area (Å²) in [5, 5.41) is 4.73. The highest BCUT2D eigenvalue weighted by Crippen LogP contribution is 2.38. The van der Waals surface area contributed by atoms with Gasteiger partial charge in [0.2, 0.25) is 0 Å². The quantitative estimate of drug-likeness (QED) is 0.687. The van der Waals surface area contributed by atoms with Gasteiger partial charge in [0, 0.05) is 26.2 Å². The Hall–Kier alpha value is -2.63. The molecule has 4 rings (SSSR count). The Kier molecular flexibility index (Phi) is 3.82. The fraction of sp³-hybridized carbons (Fsp3) is 0.421. The zero-order chi connectivity index (χ0) is 17.6. The Morgan fingerprint density at radius 1 is 1.24 bits per heavy atom. The number of ether oxygens (including phenoxy) is 1. The molecule has 0 saturated heterocycles. The second-order valence-corrected chi connectivity index (χ2v) is 6.77. The van der Waals surface area contributed by atoms with Crippen LogP contribution in [0.4, 0.5) is 0 Å². The maximum absolute atomic E-state index is 11.8. The van der Waals surface area contributed by atoms with Gasteiger partial charge < -0.3 is 9.30 Å². The van der Waals surface area contributed by atoms with Gasteiger partial charge in [-0.05, 0) is 31.0 Å². The van der Waals surface area contributed by atoms with E-state index in [2.05, 4.69) is 10.8 Å². The van der Waals surface area contributed by atoms with E-state index in [9.17, 15) is 4.79 Å². The number of esters is 1. The first-order valence-corrected chi connectivity index (χ1v) is 8.67. The first-order valence-electron chi connectivity index (χ1n) is 8.67. The molecule has 0 N–H and O–H groups in total. The number of carbonyl (C=O) groups excluding carboxylic acids is 1. The molecule has 1 aliphatic carbocycles. The topological polar surface area (TPSA) is 61.9 Å². The van der Waals surface area contributed by atoms with Crippen LogP contribution < -0.4 is 0 Å². The molecule has 0 bridgehead atoms. The molecule has 1 aliphatic rings. The van der Waals surface area contributed by atoms with Gasteiger partial charge in [-0.25, -0.2) is 9.78 Å². The van der Waals surface area contributed by atoms with Crippen molar-refractivity contribution in [3.8, 4) is 11.4 Å². The maximum Gasteiger partial charge on any atom is 0.337 e. The van der Waals surface area contributed by atoms with Crippen molar-refractivity contribution in [3.05, 3.63) is 35.7 Å². The fourth-order valence-electron chi connectivity index (χ4n) is 3.86. The molecule has 1 aromatic carbocycles. The predicted octanol–water partition coefficient (Wildman–Crippen LogP) is 3.42. The minimum atomic E-state index is -0.345. The largest absolute Gasteiger partial charge is 0.465 e. The second-order valence-electron chi connectivity index (χ2n) is 6.77. The van der Waals surface area contributed by atoms with Gasteiger partial charge in [0.1, 0.15) is 5.82 Å². The minimum absolute atomic E-state index is 0.345. The van der Waals surface area contributed by atoms with Gasteiger partial charge in [0.25, 0.3) is 0 Å². The SMILES string of the molecule is COC(=O)c1ccc2c(c1)nc(-c1cn(C)nc1C1CCCC1)n2C.